The second kappa shape index (κ2) is 5.40. The molecule has 0 fully saturated rings. The Morgan fingerprint density at radius 2 is 2.29 bits per heavy atom. The largest absolute Gasteiger partial charge is 0.358 e. The van der Waals surface area contributed by atoms with E-state index >= 15 is 0 Å². The fourth-order valence-electron chi connectivity index (χ4n) is 1.80. The minimum absolute atomic E-state index is 0.387. The predicted octanol–water partition coefficient (Wildman–Crippen LogP) is 3.14. The van der Waals surface area contributed by atoms with Crippen LogP contribution in [0.4, 0.5) is 0 Å². The summed E-state index contributed by atoms with van der Waals surface area (Å²) in [5, 5.41) is 8.19. The molecule has 94 valence electrons. The minimum atomic E-state index is 0.387. The van der Waals surface area contributed by atoms with Crippen LogP contribution >= 0.6 is 23.1 Å². The number of amidine groups is 1. The first kappa shape index (κ1) is 12.9. The Morgan fingerprint density at radius 1 is 1.47 bits per heavy atom. The highest BCUT2D eigenvalue weighted by Gasteiger charge is 2.24. The molecule has 1 aliphatic rings. The molecule has 17 heavy (non-hydrogen) atoms. The van der Waals surface area contributed by atoms with Gasteiger partial charge in [0.05, 0.1) is 13.1 Å². The van der Waals surface area contributed by atoms with Crippen molar-refractivity contribution in [2.75, 3.05) is 6.54 Å². The molecule has 0 amide bonds. The Labute approximate surface area is 111 Å². The zero-order valence-electron chi connectivity index (χ0n) is 10.6. The van der Waals surface area contributed by atoms with Crippen molar-refractivity contribution in [3.8, 4) is 0 Å². The van der Waals surface area contributed by atoms with Crippen LogP contribution in [0.2, 0.25) is 0 Å². The van der Waals surface area contributed by atoms with E-state index in [-0.39, 0.29) is 0 Å². The number of nitrogens with one attached hydrogen (secondary N) is 1. The lowest BCUT2D eigenvalue weighted by Gasteiger charge is -2.21. The van der Waals surface area contributed by atoms with Gasteiger partial charge in [-0.3, -0.25) is 4.99 Å². The standard InChI is InChI=1S/C12H19N3S2/c1-12(2,3)6-9-7-14-11(17-9)15-8-10-13-4-5-16-10/h4-5,9H,6-8H2,1-3H3,(H,14,15). The van der Waals surface area contributed by atoms with Gasteiger partial charge >= 0.3 is 0 Å². The van der Waals surface area contributed by atoms with Crippen molar-refractivity contribution in [2.24, 2.45) is 10.4 Å². The molecular weight excluding hydrogens is 250 g/mol. The van der Waals surface area contributed by atoms with Crippen LogP contribution < -0.4 is 5.32 Å². The van der Waals surface area contributed by atoms with Crippen molar-refractivity contribution >= 4 is 28.3 Å². The molecule has 5 heteroatoms. The zero-order valence-corrected chi connectivity index (χ0v) is 12.2. The average Bonchev–Trinajstić information content (AvgIpc) is 2.82. The van der Waals surface area contributed by atoms with E-state index in [0.29, 0.717) is 10.7 Å². The lowest BCUT2D eigenvalue weighted by molar-refractivity contribution is 0.375. The molecule has 0 radical (unpaired) electrons. The molecule has 3 nitrogen and oxygen atoms in total. The average molecular weight is 269 g/mol. The van der Waals surface area contributed by atoms with Gasteiger partial charge in [0, 0.05) is 16.8 Å². The third kappa shape index (κ3) is 4.32. The summed E-state index contributed by atoms with van der Waals surface area (Å²) in [6.45, 7) is 8.60. The quantitative estimate of drug-likeness (QED) is 0.916. The van der Waals surface area contributed by atoms with Gasteiger partial charge in [0.1, 0.15) is 5.01 Å². The second-order valence-electron chi connectivity index (χ2n) is 5.43. The van der Waals surface area contributed by atoms with Gasteiger partial charge in [0.25, 0.3) is 0 Å². The minimum Gasteiger partial charge on any atom is -0.358 e. The van der Waals surface area contributed by atoms with Crippen LogP contribution in [0, 0.1) is 5.41 Å². The molecule has 1 atom stereocenters. The maximum atomic E-state index is 4.55. The van der Waals surface area contributed by atoms with Gasteiger partial charge in [-0.25, -0.2) is 4.98 Å². The zero-order chi connectivity index (χ0) is 12.3. The molecule has 1 aromatic heterocycles. The molecule has 1 aromatic rings. The molecule has 0 spiro atoms. The normalized spacial score (nSPS) is 20.4. The van der Waals surface area contributed by atoms with Crippen molar-refractivity contribution in [3.05, 3.63) is 16.6 Å². The van der Waals surface area contributed by atoms with Crippen molar-refractivity contribution in [2.45, 2.75) is 39.0 Å². The van der Waals surface area contributed by atoms with Crippen molar-refractivity contribution in [1.29, 1.82) is 0 Å². The van der Waals surface area contributed by atoms with E-state index in [1.165, 1.54) is 6.42 Å². The Morgan fingerprint density at radius 3 is 2.94 bits per heavy atom. The first-order valence-electron chi connectivity index (χ1n) is 5.86. The van der Waals surface area contributed by atoms with Crippen LogP contribution in [0.15, 0.2) is 16.6 Å². The molecule has 1 aliphatic heterocycles. The third-order valence-electron chi connectivity index (χ3n) is 2.43. The fraction of sp³-hybridized carbons (Fsp3) is 0.667. The summed E-state index contributed by atoms with van der Waals surface area (Å²) in [5.41, 5.74) is 0.387. The Kier molecular flexibility index (Phi) is 4.09. The molecule has 1 unspecified atom stereocenters. The second-order valence-corrected chi connectivity index (χ2v) is 7.70. The first-order chi connectivity index (χ1) is 8.03. The highest BCUT2D eigenvalue weighted by molar-refractivity contribution is 8.14. The number of nitrogens with zero attached hydrogens (tertiary/aromatic N) is 2. The van der Waals surface area contributed by atoms with Crippen molar-refractivity contribution < 1.29 is 0 Å². The summed E-state index contributed by atoms with van der Waals surface area (Å²) in [7, 11) is 0. The van der Waals surface area contributed by atoms with Gasteiger partial charge < -0.3 is 5.32 Å². The van der Waals surface area contributed by atoms with Gasteiger partial charge in [0.15, 0.2) is 5.17 Å². The lowest BCUT2D eigenvalue weighted by atomic mass is 9.90. The predicted molar refractivity (Wildman–Crippen MR) is 76.7 cm³/mol. The van der Waals surface area contributed by atoms with Crippen molar-refractivity contribution in [1.82, 2.24) is 10.3 Å². The summed E-state index contributed by atoms with van der Waals surface area (Å²) in [5.74, 6) is 0. The molecule has 2 rings (SSSR count). The number of rotatable bonds is 3. The van der Waals surface area contributed by atoms with Crippen LogP contribution in [0.3, 0.4) is 0 Å². The summed E-state index contributed by atoms with van der Waals surface area (Å²) < 4.78 is 0. The lowest BCUT2D eigenvalue weighted by Crippen LogP contribution is -2.20. The summed E-state index contributed by atoms with van der Waals surface area (Å²) in [4.78, 5) is 8.79. The van der Waals surface area contributed by atoms with Crippen LogP contribution in [0.25, 0.3) is 0 Å². The van der Waals surface area contributed by atoms with Crippen LogP contribution in [-0.4, -0.2) is 21.9 Å². The Bertz CT molecular complexity index is 379. The van der Waals surface area contributed by atoms with E-state index in [4.69, 9.17) is 0 Å². The number of aliphatic imine (C=N–C) groups is 1. The molecular formula is C12H19N3S2. The Balaban J connectivity index is 1.74. The molecule has 2 heterocycles. The smallest absolute Gasteiger partial charge is 0.157 e. The Hall–Kier alpha value is -0.550. The van der Waals surface area contributed by atoms with Crippen LogP contribution in [0.5, 0.6) is 0 Å². The molecule has 0 saturated carbocycles. The number of aromatic nitrogens is 1. The van der Waals surface area contributed by atoms with E-state index in [2.05, 4.69) is 36.1 Å². The van der Waals surface area contributed by atoms with Crippen LogP contribution in [0.1, 0.15) is 32.2 Å². The van der Waals surface area contributed by atoms with Crippen LogP contribution in [-0.2, 0) is 6.54 Å². The third-order valence-corrected chi connectivity index (χ3v) is 4.36. The summed E-state index contributed by atoms with van der Waals surface area (Å²) in [6, 6.07) is 0. The van der Waals surface area contributed by atoms with Crippen molar-refractivity contribution in [3.63, 3.8) is 0 Å². The summed E-state index contributed by atoms with van der Waals surface area (Å²) >= 11 is 3.55. The molecule has 1 N–H and O–H groups in total. The number of thioether (sulfide) groups is 1. The van der Waals surface area contributed by atoms with Gasteiger partial charge in [-0.05, 0) is 11.8 Å². The number of thiazole rings is 1. The van der Waals surface area contributed by atoms with Gasteiger partial charge in [-0.15, -0.1) is 11.3 Å². The van der Waals surface area contributed by atoms with Gasteiger partial charge in [-0.1, -0.05) is 32.5 Å². The van der Waals surface area contributed by atoms with E-state index in [1.807, 2.05) is 23.3 Å². The molecule has 0 saturated heterocycles. The monoisotopic (exact) mass is 269 g/mol. The number of hydrogen-bond acceptors (Lipinski definition) is 5. The highest BCUT2D eigenvalue weighted by atomic mass is 32.2. The topological polar surface area (TPSA) is 37.3 Å². The maximum absolute atomic E-state index is 4.55. The van der Waals surface area contributed by atoms with Gasteiger partial charge in [-0.2, -0.15) is 0 Å². The SMILES string of the molecule is CC(C)(C)CC1CN=C(NCc2nccs2)S1. The van der Waals surface area contributed by atoms with Gasteiger partial charge in [0.2, 0.25) is 0 Å². The maximum Gasteiger partial charge on any atom is 0.157 e. The highest BCUT2D eigenvalue weighted by Crippen LogP contribution is 2.31. The van der Waals surface area contributed by atoms with E-state index < -0.39 is 0 Å². The van der Waals surface area contributed by atoms with E-state index in [1.54, 1.807) is 11.3 Å². The molecule has 0 aliphatic carbocycles. The number of hydrogen-bond donors (Lipinski definition) is 1. The van der Waals surface area contributed by atoms with E-state index in [0.717, 1.165) is 23.3 Å². The molecule has 0 aromatic carbocycles. The van der Waals surface area contributed by atoms with E-state index in [9.17, 15) is 0 Å². The fourth-order valence-corrected chi connectivity index (χ4v) is 3.70. The summed E-state index contributed by atoms with van der Waals surface area (Å²) in [6.07, 6.45) is 3.05. The molecule has 0 bridgehead atoms. The first-order valence-corrected chi connectivity index (χ1v) is 7.62.